The van der Waals surface area contributed by atoms with E-state index in [1.54, 1.807) is 24.3 Å². The van der Waals surface area contributed by atoms with Gasteiger partial charge in [-0.25, -0.2) is 8.78 Å². The summed E-state index contributed by atoms with van der Waals surface area (Å²) < 4.78 is 26.1. The van der Waals surface area contributed by atoms with Crippen LogP contribution in [0.5, 0.6) is 0 Å². The summed E-state index contributed by atoms with van der Waals surface area (Å²) in [5, 5.41) is 0. The Bertz CT molecular complexity index is 768. The molecule has 0 heterocycles. The minimum Gasteiger partial charge on any atom is -0.398 e. The van der Waals surface area contributed by atoms with Gasteiger partial charge in [-0.1, -0.05) is 42.0 Å². The van der Waals surface area contributed by atoms with Gasteiger partial charge in [0.25, 0.3) is 0 Å². The molecule has 24 heavy (non-hydrogen) atoms. The molecule has 3 aromatic carbocycles. The summed E-state index contributed by atoms with van der Waals surface area (Å²) in [6.45, 7) is 2.03. The van der Waals surface area contributed by atoms with Crippen molar-refractivity contribution in [2.75, 3.05) is 5.73 Å². The first-order valence-electron chi connectivity index (χ1n) is 7.88. The number of anilines is 1. The molecule has 2 N–H and O–H groups in total. The Kier molecular flexibility index (Phi) is 4.61. The summed E-state index contributed by atoms with van der Waals surface area (Å²) in [7, 11) is 0. The summed E-state index contributed by atoms with van der Waals surface area (Å²) in [5.41, 5.74) is 12.3. The quantitative estimate of drug-likeness (QED) is 0.669. The van der Waals surface area contributed by atoms with E-state index in [2.05, 4.69) is 12.1 Å². The van der Waals surface area contributed by atoms with Gasteiger partial charge in [-0.3, -0.25) is 0 Å². The van der Waals surface area contributed by atoms with E-state index in [1.165, 1.54) is 24.3 Å². The molecule has 3 rings (SSSR count). The highest BCUT2D eigenvalue weighted by Crippen LogP contribution is 2.25. The lowest BCUT2D eigenvalue weighted by Gasteiger charge is -2.13. The number of nitrogens with two attached hydrogens (primary N) is 1. The average molecular weight is 323 g/mol. The van der Waals surface area contributed by atoms with E-state index in [9.17, 15) is 8.78 Å². The first-order chi connectivity index (χ1) is 11.5. The van der Waals surface area contributed by atoms with Crippen LogP contribution >= 0.6 is 0 Å². The molecule has 0 fully saturated rings. The van der Waals surface area contributed by atoms with Crippen LogP contribution in [-0.4, -0.2) is 0 Å². The fourth-order valence-electron chi connectivity index (χ4n) is 2.89. The van der Waals surface area contributed by atoms with Crippen LogP contribution in [0.1, 0.15) is 27.8 Å². The maximum absolute atomic E-state index is 13.1. The van der Waals surface area contributed by atoms with Gasteiger partial charge in [-0.15, -0.1) is 0 Å². The number of nitrogen functional groups attached to an aromatic ring is 1. The first kappa shape index (κ1) is 16.2. The van der Waals surface area contributed by atoms with E-state index in [-0.39, 0.29) is 11.6 Å². The molecule has 0 aliphatic rings. The molecular weight excluding hydrogens is 304 g/mol. The Morgan fingerprint density at radius 3 is 1.46 bits per heavy atom. The molecule has 0 aliphatic carbocycles. The lowest BCUT2D eigenvalue weighted by atomic mass is 9.94. The van der Waals surface area contributed by atoms with Gasteiger partial charge >= 0.3 is 0 Å². The van der Waals surface area contributed by atoms with Crippen molar-refractivity contribution >= 4 is 5.69 Å². The number of benzene rings is 3. The standard InChI is InChI=1S/C21H19F2N/c1-14-10-17(12-15-2-6-19(22)7-3-15)21(24)18(11-14)13-16-4-8-20(23)9-5-16/h2-11H,12-13,24H2,1H3. The molecule has 1 nitrogen and oxygen atoms in total. The number of hydrogen-bond donors (Lipinski definition) is 1. The summed E-state index contributed by atoms with van der Waals surface area (Å²) in [5.74, 6) is -0.485. The predicted molar refractivity (Wildman–Crippen MR) is 94.0 cm³/mol. The van der Waals surface area contributed by atoms with E-state index in [1.807, 2.05) is 6.92 Å². The van der Waals surface area contributed by atoms with Crippen LogP contribution in [0.2, 0.25) is 0 Å². The molecular formula is C21H19F2N. The van der Waals surface area contributed by atoms with Crippen LogP contribution < -0.4 is 5.73 Å². The van der Waals surface area contributed by atoms with Gasteiger partial charge < -0.3 is 5.73 Å². The second kappa shape index (κ2) is 6.83. The molecule has 0 spiro atoms. The molecule has 0 aliphatic heterocycles. The lowest BCUT2D eigenvalue weighted by Crippen LogP contribution is -2.03. The molecule has 0 aromatic heterocycles. The first-order valence-corrected chi connectivity index (χ1v) is 7.88. The third-order valence-electron chi connectivity index (χ3n) is 4.11. The van der Waals surface area contributed by atoms with Crippen molar-refractivity contribution in [3.05, 3.63) is 100 Å². The summed E-state index contributed by atoms with van der Waals surface area (Å²) >= 11 is 0. The third kappa shape index (κ3) is 3.80. The van der Waals surface area contributed by atoms with Crippen molar-refractivity contribution in [3.8, 4) is 0 Å². The van der Waals surface area contributed by atoms with Crippen molar-refractivity contribution in [2.24, 2.45) is 0 Å². The van der Waals surface area contributed by atoms with Crippen LogP contribution in [0.4, 0.5) is 14.5 Å². The van der Waals surface area contributed by atoms with Gasteiger partial charge in [-0.2, -0.15) is 0 Å². The molecule has 0 radical (unpaired) electrons. The van der Waals surface area contributed by atoms with Gasteiger partial charge in [0.15, 0.2) is 0 Å². The topological polar surface area (TPSA) is 26.0 Å². The van der Waals surface area contributed by atoms with Gasteiger partial charge in [-0.05, 0) is 66.3 Å². The Morgan fingerprint density at radius 2 is 1.08 bits per heavy atom. The number of hydrogen-bond acceptors (Lipinski definition) is 1. The molecule has 3 aromatic rings. The molecule has 122 valence electrons. The van der Waals surface area contributed by atoms with Crippen LogP contribution in [0.3, 0.4) is 0 Å². The minimum absolute atomic E-state index is 0.243. The second-order valence-corrected chi connectivity index (χ2v) is 6.10. The smallest absolute Gasteiger partial charge is 0.123 e. The maximum Gasteiger partial charge on any atom is 0.123 e. The fraction of sp³-hybridized carbons (Fsp3) is 0.143. The molecule has 0 bridgehead atoms. The Balaban J connectivity index is 1.89. The van der Waals surface area contributed by atoms with Gasteiger partial charge in [0, 0.05) is 5.69 Å². The maximum atomic E-state index is 13.1. The molecule has 0 atom stereocenters. The largest absolute Gasteiger partial charge is 0.398 e. The van der Waals surface area contributed by atoms with E-state index < -0.39 is 0 Å². The van der Waals surface area contributed by atoms with E-state index in [0.717, 1.165) is 33.5 Å². The van der Waals surface area contributed by atoms with E-state index in [4.69, 9.17) is 5.73 Å². The van der Waals surface area contributed by atoms with Crippen molar-refractivity contribution < 1.29 is 8.78 Å². The summed E-state index contributed by atoms with van der Waals surface area (Å²) in [4.78, 5) is 0. The average Bonchev–Trinajstić information content (AvgIpc) is 2.56. The van der Waals surface area contributed by atoms with Crippen LogP contribution in [0, 0.1) is 18.6 Å². The summed E-state index contributed by atoms with van der Waals surface area (Å²) in [6.07, 6.45) is 1.31. The molecule has 3 heteroatoms. The van der Waals surface area contributed by atoms with Crippen LogP contribution in [0.25, 0.3) is 0 Å². The monoisotopic (exact) mass is 323 g/mol. The zero-order chi connectivity index (χ0) is 17.1. The SMILES string of the molecule is Cc1cc(Cc2ccc(F)cc2)c(N)c(Cc2ccc(F)cc2)c1. The molecule has 0 saturated heterocycles. The lowest BCUT2D eigenvalue weighted by molar-refractivity contribution is 0.627. The number of halogens is 2. The van der Waals surface area contributed by atoms with Crippen molar-refractivity contribution in [3.63, 3.8) is 0 Å². The van der Waals surface area contributed by atoms with Crippen LogP contribution in [-0.2, 0) is 12.8 Å². The Labute approximate surface area is 140 Å². The zero-order valence-corrected chi connectivity index (χ0v) is 13.5. The minimum atomic E-state index is -0.243. The molecule has 0 saturated carbocycles. The van der Waals surface area contributed by atoms with Crippen LogP contribution in [0.15, 0.2) is 60.7 Å². The highest BCUT2D eigenvalue weighted by Gasteiger charge is 2.09. The van der Waals surface area contributed by atoms with E-state index in [0.29, 0.717) is 12.8 Å². The summed E-state index contributed by atoms with van der Waals surface area (Å²) in [6, 6.07) is 17.1. The van der Waals surface area contributed by atoms with Crippen molar-refractivity contribution in [1.29, 1.82) is 0 Å². The fourth-order valence-corrected chi connectivity index (χ4v) is 2.89. The Hall–Kier alpha value is -2.68. The van der Waals surface area contributed by atoms with Crippen molar-refractivity contribution in [1.82, 2.24) is 0 Å². The molecule has 0 unspecified atom stereocenters. The Morgan fingerprint density at radius 1 is 0.708 bits per heavy atom. The molecule has 0 amide bonds. The highest BCUT2D eigenvalue weighted by atomic mass is 19.1. The number of rotatable bonds is 4. The van der Waals surface area contributed by atoms with Gasteiger partial charge in [0.2, 0.25) is 0 Å². The highest BCUT2D eigenvalue weighted by molar-refractivity contribution is 5.58. The van der Waals surface area contributed by atoms with Gasteiger partial charge in [0.05, 0.1) is 0 Å². The third-order valence-corrected chi connectivity index (χ3v) is 4.11. The van der Waals surface area contributed by atoms with Crippen molar-refractivity contribution in [2.45, 2.75) is 19.8 Å². The van der Waals surface area contributed by atoms with E-state index >= 15 is 0 Å². The van der Waals surface area contributed by atoms with Gasteiger partial charge in [0.1, 0.15) is 11.6 Å². The zero-order valence-electron chi connectivity index (χ0n) is 13.5. The normalized spacial score (nSPS) is 10.8. The number of aryl methyl sites for hydroxylation is 1. The predicted octanol–water partition coefficient (Wildman–Crippen LogP) is 5.04. The second-order valence-electron chi connectivity index (χ2n) is 6.10.